The van der Waals surface area contributed by atoms with Gasteiger partial charge in [0.1, 0.15) is 23.1 Å². The van der Waals surface area contributed by atoms with Crippen LogP contribution in [-0.4, -0.2) is 12.9 Å². The van der Waals surface area contributed by atoms with Crippen LogP contribution in [0.5, 0.6) is 5.75 Å². The van der Waals surface area contributed by atoms with Crippen molar-refractivity contribution in [3.05, 3.63) is 53.5 Å². The lowest BCUT2D eigenvalue weighted by Gasteiger charge is -2.06. The molecule has 0 bridgehead atoms. The quantitative estimate of drug-likeness (QED) is 0.759. The molecule has 3 nitrogen and oxygen atoms in total. The zero-order valence-electron chi connectivity index (χ0n) is 12.9. The molecule has 0 aliphatic rings. The Morgan fingerprint density at radius 1 is 1.19 bits per heavy atom. The molecular weight excluding hydrogens is 264 g/mol. The fourth-order valence-corrected chi connectivity index (χ4v) is 2.29. The lowest BCUT2D eigenvalue weighted by molar-refractivity contribution is -0.119. The van der Waals surface area contributed by atoms with Crippen molar-refractivity contribution >= 4 is 5.78 Å². The van der Waals surface area contributed by atoms with Crippen LogP contribution in [0, 0.1) is 0 Å². The van der Waals surface area contributed by atoms with Crippen molar-refractivity contribution in [1.29, 1.82) is 0 Å². The van der Waals surface area contributed by atoms with E-state index in [0.29, 0.717) is 12.8 Å². The summed E-state index contributed by atoms with van der Waals surface area (Å²) in [5.74, 6) is 3.08. The van der Waals surface area contributed by atoms with E-state index < -0.39 is 0 Å². The normalized spacial score (nSPS) is 12.1. The molecule has 0 aliphatic heterocycles. The number of furan rings is 1. The first-order valence-electron chi connectivity index (χ1n) is 7.35. The van der Waals surface area contributed by atoms with Gasteiger partial charge in [0, 0.05) is 25.2 Å². The van der Waals surface area contributed by atoms with E-state index >= 15 is 0 Å². The first-order valence-corrected chi connectivity index (χ1v) is 7.35. The average Bonchev–Trinajstić information content (AvgIpc) is 2.96. The van der Waals surface area contributed by atoms with E-state index in [9.17, 15) is 4.79 Å². The minimum absolute atomic E-state index is 0.141. The molecule has 0 spiro atoms. The van der Waals surface area contributed by atoms with Crippen LogP contribution in [0.4, 0.5) is 0 Å². The second-order valence-corrected chi connectivity index (χ2v) is 5.33. The van der Waals surface area contributed by atoms with Crippen LogP contribution in [0.25, 0.3) is 0 Å². The number of carbonyl (C=O) groups is 1. The van der Waals surface area contributed by atoms with E-state index in [4.69, 9.17) is 9.15 Å². The van der Waals surface area contributed by atoms with E-state index in [-0.39, 0.29) is 11.7 Å². The molecule has 1 heterocycles. The third-order valence-electron chi connectivity index (χ3n) is 3.63. The fraction of sp³-hybridized carbons (Fsp3) is 0.389. The maximum Gasteiger partial charge on any atom is 0.133 e. The highest BCUT2D eigenvalue weighted by molar-refractivity contribution is 5.78. The van der Waals surface area contributed by atoms with Crippen molar-refractivity contribution in [1.82, 2.24) is 0 Å². The lowest BCUT2D eigenvalue weighted by atomic mass is 10.0. The number of Topliss-reactive ketones (excluding diaryl/α,β-unsaturated/α-hetero) is 1. The van der Waals surface area contributed by atoms with Crippen molar-refractivity contribution < 1.29 is 13.9 Å². The topological polar surface area (TPSA) is 39.4 Å². The van der Waals surface area contributed by atoms with Crippen molar-refractivity contribution in [3.8, 4) is 5.75 Å². The summed E-state index contributed by atoms with van der Waals surface area (Å²) in [5, 5.41) is 0. The zero-order chi connectivity index (χ0) is 15.2. The van der Waals surface area contributed by atoms with E-state index in [1.807, 2.05) is 50.2 Å². The Morgan fingerprint density at radius 2 is 1.90 bits per heavy atom. The summed E-state index contributed by atoms with van der Waals surface area (Å²) in [7, 11) is 1.66. The van der Waals surface area contributed by atoms with Gasteiger partial charge in [-0.1, -0.05) is 26.0 Å². The summed E-state index contributed by atoms with van der Waals surface area (Å²) < 4.78 is 11.0. The monoisotopic (exact) mass is 286 g/mol. The van der Waals surface area contributed by atoms with Crippen LogP contribution < -0.4 is 4.74 Å². The van der Waals surface area contributed by atoms with Gasteiger partial charge in [0.25, 0.3) is 0 Å². The number of rotatable bonds is 7. The molecule has 0 N–H and O–H groups in total. The maximum atomic E-state index is 11.5. The number of benzene rings is 1. The highest BCUT2D eigenvalue weighted by atomic mass is 16.5. The van der Waals surface area contributed by atoms with Gasteiger partial charge in [-0.25, -0.2) is 0 Å². The van der Waals surface area contributed by atoms with Crippen LogP contribution in [-0.2, 0) is 11.2 Å². The molecule has 1 unspecified atom stereocenters. The van der Waals surface area contributed by atoms with Crippen LogP contribution in [0.3, 0.4) is 0 Å². The highest BCUT2D eigenvalue weighted by Crippen LogP contribution is 2.24. The molecular formula is C18H22O3. The molecule has 1 aromatic heterocycles. The second kappa shape index (κ2) is 7.11. The number of carbonyl (C=O) groups excluding carboxylic acids is 1. The Morgan fingerprint density at radius 3 is 2.52 bits per heavy atom. The third-order valence-corrected chi connectivity index (χ3v) is 3.63. The minimum atomic E-state index is 0.141. The Bertz CT molecular complexity index is 581. The second-order valence-electron chi connectivity index (χ2n) is 5.33. The molecule has 1 atom stereocenters. The Labute approximate surface area is 125 Å². The molecule has 0 radical (unpaired) electrons. The van der Waals surface area contributed by atoms with E-state index in [2.05, 4.69) is 0 Å². The summed E-state index contributed by atoms with van der Waals surface area (Å²) in [4.78, 5) is 11.5. The molecule has 0 saturated heterocycles. The number of hydrogen-bond acceptors (Lipinski definition) is 3. The van der Waals surface area contributed by atoms with Gasteiger partial charge in [-0.3, -0.25) is 4.79 Å². The third kappa shape index (κ3) is 4.22. The van der Waals surface area contributed by atoms with Gasteiger partial charge in [0.15, 0.2) is 0 Å². The summed E-state index contributed by atoms with van der Waals surface area (Å²) in [5.41, 5.74) is 1.17. The van der Waals surface area contributed by atoms with Crippen LogP contribution in [0.1, 0.15) is 49.7 Å². The largest absolute Gasteiger partial charge is 0.497 e. The van der Waals surface area contributed by atoms with Crippen LogP contribution in [0.15, 0.2) is 40.8 Å². The van der Waals surface area contributed by atoms with E-state index in [1.165, 1.54) is 5.56 Å². The summed E-state index contributed by atoms with van der Waals surface area (Å²) in [6.45, 7) is 3.93. The predicted molar refractivity (Wildman–Crippen MR) is 82.8 cm³/mol. The summed E-state index contributed by atoms with van der Waals surface area (Å²) in [6.07, 6.45) is 1.88. The van der Waals surface area contributed by atoms with Gasteiger partial charge in [-0.05, 0) is 29.8 Å². The summed E-state index contributed by atoms with van der Waals surface area (Å²) in [6, 6.07) is 11.9. The number of ether oxygens (including phenoxy) is 1. The van der Waals surface area contributed by atoms with Crippen LogP contribution in [0.2, 0.25) is 0 Å². The zero-order valence-corrected chi connectivity index (χ0v) is 12.9. The summed E-state index contributed by atoms with van der Waals surface area (Å²) >= 11 is 0. The average molecular weight is 286 g/mol. The maximum absolute atomic E-state index is 11.5. The van der Waals surface area contributed by atoms with Crippen molar-refractivity contribution in [3.63, 3.8) is 0 Å². The standard InChI is InChI=1S/C18H22O3/c1-4-15(19)11-13(2)18-10-9-17(21-18)12-14-5-7-16(20-3)8-6-14/h5-10,13H,4,11-12H2,1-3H3. The van der Waals surface area contributed by atoms with E-state index in [1.54, 1.807) is 7.11 Å². The van der Waals surface area contributed by atoms with Crippen LogP contribution >= 0.6 is 0 Å². The first-order chi connectivity index (χ1) is 10.1. The number of methoxy groups -OCH3 is 1. The van der Waals surface area contributed by atoms with E-state index in [0.717, 1.165) is 23.7 Å². The lowest BCUT2D eigenvalue weighted by Crippen LogP contribution is -2.01. The molecule has 2 rings (SSSR count). The predicted octanol–water partition coefficient (Wildman–Crippen LogP) is 4.35. The fourth-order valence-electron chi connectivity index (χ4n) is 2.29. The Kier molecular flexibility index (Phi) is 5.20. The van der Waals surface area contributed by atoms with Gasteiger partial charge < -0.3 is 9.15 Å². The smallest absolute Gasteiger partial charge is 0.133 e. The van der Waals surface area contributed by atoms with Crippen molar-refractivity contribution in [2.24, 2.45) is 0 Å². The highest BCUT2D eigenvalue weighted by Gasteiger charge is 2.14. The van der Waals surface area contributed by atoms with Gasteiger partial charge in [-0.2, -0.15) is 0 Å². The van der Waals surface area contributed by atoms with Gasteiger partial charge >= 0.3 is 0 Å². The van der Waals surface area contributed by atoms with Gasteiger partial charge in [0.05, 0.1) is 7.11 Å². The molecule has 112 valence electrons. The van der Waals surface area contributed by atoms with Gasteiger partial charge in [0.2, 0.25) is 0 Å². The molecule has 1 aromatic carbocycles. The molecule has 21 heavy (non-hydrogen) atoms. The van der Waals surface area contributed by atoms with Crippen molar-refractivity contribution in [2.45, 2.75) is 39.0 Å². The number of ketones is 1. The molecule has 0 aliphatic carbocycles. The molecule has 2 aromatic rings. The Balaban J connectivity index is 2.00. The molecule has 3 heteroatoms. The molecule has 0 fully saturated rings. The molecule has 0 amide bonds. The SMILES string of the molecule is CCC(=O)CC(C)c1ccc(Cc2ccc(OC)cc2)o1. The first kappa shape index (κ1) is 15.4. The molecule has 0 saturated carbocycles. The Hall–Kier alpha value is -2.03. The van der Waals surface area contributed by atoms with Gasteiger partial charge in [-0.15, -0.1) is 0 Å². The van der Waals surface area contributed by atoms with Crippen molar-refractivity contribution in [2.75, 3.05) is 7.11 Å². The minimum Gasteiger partial charge on any atom is -0.497 e. The number of hydrogen-bond donors (Lipinski definition) is 0.